The molecule has 0 spiro atoms. The quantitative estimate of drug-likeness (QED) is 0.592. The average molecular weight is 415 g/mol. The lowest BCUT2D eigenvalue weighted by atomic mass is 9.86. The van der Waals surface area contributed by atoms with E-state index < -0.39 is 15.3 Å². The van der Waals surface area contributed by atoms with Crippen molar-refractivity contribution in [1.82, 2.24) is 14.8 Å². The van der Waals surface area contributed by atoms with E-state index in [0.29, 0.717) is 27.9 Å². The fourth-order valence-electron chi connectivity index (χ4n) is 4.01. The smallest absolute Gasteiger partial charge is 0.165 e. The van der Waals surface area contributed by atoms with E-state index in [1.54, 1.807) is 22.9 Å². The summed E-state index contributed by atoms with van der Waals surface area (Å²) in [7, 11) is -3.01. The summed E-state index contributed by atoms with van der Waals surface area (Å²) in [4.78, 5) is 17.3. The summed E-state index contributed by atoms with van der Waals surface area (Å²) in [5, 5.41) is 4.62. The first-order chi connectivity index (χ1) is 13.6. The van der Waals surface area contributed by atoms with E-state index in [9.17, 15) is 17.6 Å². The van der Waals surface area contributed by atoms with Crippen LogP contribution >= 0.6 is 0 Å². The van der Waals surface area contributed by atoms with Crippen molar-refractivity contribution in [3.8, 4) is 11.3 Å². The molecule has 0 unspecified atom stereocenters. The predicted octanol–water partition coefficient (Wildman–Crippen LogP) is 3.83. The van der Waals surface area contributed by atoms with Gasteiger partial charge in [-0.05, 0) is 32.0 Å². The van der Waals surface area contributed by atoms with Crippen LogP contribution in [0, 0.1) is 11.2 Å². The Kier molecular flexibility index (Phi) is 4.57. The number of halogens is 1. The number of benzene rings is 1. The second-order valence-corrected chi connectivity index (χ2v) is 10.5. The summed E-state index contributed by atoms with van der Waals surface area (Å²) < 4.78 is 38.5. The number of hydrogen-bond donors (Lipinski definition) is 0. The van der Waals surface area contributed by atoms with Gasteiger partial charge in [-0.1, -0.05) is 19.1 Å². The molecule has 1 aromatic carbocycles. The highest BCUT2D eigenvalue weighted by Gasteiger charge is 2.45. The normalized spacial score (nSPS) is 17.4. The van der Waals surface area contributed by atoms with Gasteiger partial charge in [-0.15, -0.1) is 0 Å². The molecule has 6 nitrogen and oxygen atoms in total. The maximum absolute atomic E-state index is 13.7. The highest BCUT2D eigenvalue weighted by molar-refractivity contribution is 7.92. The van der Waals surface area contributed by atoms with Gasteiger partial charge in [0.1, 0.15) is 17.0 Å². The molecule has 0 saturated carbocycles. The Balaban J connectivity index is 1.74. The molecule has 2 aromatic heterocycles. The van der Waals surface area contributed by atoms with Gasteiger partial charge in [-0.25, -0.2) is 12.8 Å². The second kappa shape index (κ2) is 6.73. The Morgan fingerprint density at radius 3 is 2.62 bits per heavy atom. The van der Waals surface area contributed by atoms with E-state index in [-0.39, 0.29) is 35.6 Å². The van der Waals surface area contributed by atoms with E-state index in [1.807, 2.05) is 20.8 Å². The van der Waals surface area contributed by atoms with Gasteiger partial charge in [0.15, 0.2) is 15.6 Å². The van der Waals surface area contributed by atoms with Crippen LogP contribution in [0.25, 0.3) is 22.3 Å². The first-order valence-electron chi connectivity index (χ1n) is 9.45. The molecule has 0 bridgehead atoms. The van der Waals surface area contributed by atoms with Gasteiger partial charge in [-0.2, -0.15) is 5.10 Å². The van der Waals surface area contributed by atoms with Crippen molar-refractivity contribution in [1.29, 1.82) is 0 Å². The standard InChI is InChI=1S/C21H22FN3O3S/c1-13(2)25-17-8-15(18(26)9-21(3)11-29(27,28)12-21)10-23-20(17)19(24-25)14-5-4-6-16(22)7-14/h4-8,10,13H,9,11-12H2,1-3H3. The number of aromatic nitrogens is 3. The highest BCUT2D eigenvalue weighted by atomic mass is 32.2. The van der Waals surface area contributed by atoms with Crippen LogP contribution in [0.2, 0.25) is 0 Å². The van der Waals surface area contributed by atoms with Gasteiger partial charge >= 0.3 is 0 Å². The first kappa shape index (κ1) is 19.7. The molecule has 1 aliphatic rings. The maximum atomic E-state index is 13.7. The van der Waals surface area contributed by atoms with Crippen molar-refractivity contribution in [3.63, 3.8) is 0 Å². The molecule has 1 saturated heterocycles. The number of pyridine rings is 1. The number of rotatable bonds is 5. The zero-order chi connectivity index (χ0) is 21.0. The molecule has 8 heteroatoms. The largest absolute Gasteiger partial charge is 0.294 e. The van der Waals surface area contributed by atoms with Crippen LogP contribution in [-0.2, 0) is 9.84 Å². The zero-order valence-corrected chi connectivity index (χ0v) is 17.3. The van der Waals surface area contributed by atoms with Crippen molar-refractivity contribution in [2.24, 2.45) is 5.41 Å². The molecule has 3 aromatic rings. The number of Topliss-reactive ketones (excluding diaryl/α,β-unsaturated/α-hetero) is 1. The van der Waals surface area contributed by atoms with E-state index in [2.05, 4.69) is 10.1 Å². The number of fused-ring (bicyclic) bond motifs is 1. The summed E-state index contributed by atoms with van der Waals surface area (Å²) in [5.41, 5.74) is 2.37. The summed E-state index contributed by atoms with van der Waals surface area (Å²) in [6, 6.07) is 7.93. The fourth-order valence-corrected chi connectivity index (χ4v) is 6.25. The second-order valence-electron chi connectivity index (χ2n) is 8.43. The van der Waals surface area contributed by atoms with Crippen LogP contribution < -0.4 is 0 Å². The highest BCUT2D eigenvalue weighted by Crippen LogP contribution is 2.37. The van der Waals surface area contributed by atoms with Gasteiger partial charge in [0, 0.05) is 35.2 Å². The first-order valence-corrected chi connectivity index (χ1v) is 11.3. The van der Waals surface area contributed by atoms with Crippen molar-refractivity contribution in [2.75, 3.05) is 11.5 Å². The number of carbonyl (C=O) groups excluding carboxylic acids is 1. The molecule has 3 heterocycles. The molecular weight excluding hydrogens is 393 g/mol. The molecule has 0 atom stereocenters. The molecule has 0 amide bonds. The van der Waals surface area contributed by atoms with Gasteiger partial charge in [-0.3, -0.25) is 14.5 Å². The monoisotopic (exact) mass is 415 g/mol. The predicted molar refractivity (Wildman–Crippen MR) is 109 cm³/mol. The van der Waals surface area contributed by atoms with Crippen LogP contribution in [-0.4, -0.2) is 40.5 Å². The lowest BCUT2D eigenvalue weighted by Crippen LogP contribution is -2.47. The summed E-state index contributed by atoms with van der Waals surface area (Å²) in [5.74, 6) is -0.421. The van der Waals surface area contributed by atoms with E-state index in [1.165, 1.54) is 18.3 Å². The zero-order valence-electron chi connectivity index (χ0n) is 16.5. The Hall–Kier alpha value is -2.61. The summed E-state index contributed by atoms with van der Waals surface area (Å²) in [6.07, 6.45) is 1.66. The number of ketones is 1. The number of hydrogen-bond acceptors (Lipinski definition) is 5. The van der Waals surface area contributed by atoms with Gasteiger partial charge in [0.2, 0.25) is 0 Å². The van der Waals surface area contributed by atoms with Gasteiger partial charge in [0.05, 0.1) is 17.0 Å². The Bertz CT molecular complexity index is 1220. The van der Waals surface area contributed by atoms with Gasteiger partial charge in [0.25, 0.3) is 0 Å². The molecule has 0 radical (unpaired) electrons. The van der Waals surface area contributed by atoms with Crippen molar-refractivity contribution in [2.45, 2.75) is 33.2 Å². The van der Waals surface area contributed by atoms with E-state index in [0.717, 1.165) is 0 Å². The number of sulfone groups is 1. The van der Waals surface area contributed by atoms with Crippen LogP contribution in [0.1, 0.15) is 43.6 Å². The molecule has 0 aliphatic carbocycles. The lowest BCUT2D eigenvalue weighted by Gasteiger charge is -2.37. The topological polar surface area (TPSA) is 81.9 Å². The van der Waals surface area contributed by atoms with Crippen molar-refractivity contribution >= 4 is 26.7 Å². The minimum absolute atomic E-state index is 0.0150. The van der Waals surface area contributed by atoms with E-state index >= 15 is 0 Å². The van der Waals surface area contributed by atoms with Crippen LogP contribution in [0.5, 0.6) is 0 Å². The van der Waals surface area contributed by atoms with Crippen LogP contribution in [0.3, 0.4) is 0 Å². The van der Waals surface area contributed by atoms with Crippen molar-refractivity contribution in [3.05, 3.63) is 47.9 Å². The average Bonchev–Trinajstić information content (AvgIpc) is 2.98. The fraction of sp³-hybridized carbons (Fsp3) is 0.381. The minimum atomic E-state index is -3.01. The third kappa shape index (κ3) is 3.69. The molecule has 1 aliphatic heterocycles. The van der Waals surface area contributed by atoms with Crippen molar-refractivity contribution < 1.29 is 17.6 Å². The third-order valence-corrected chi connectivity index (χ3v) is 7.45. The minimum Gasteiger partial charge on any atom is -0.294 e. The summed E-state index contributed by atoms with van der Waals surface area (Å²) in [6.45, 7) is 5.76. The molecule has 0 N–H and O–H groups in total. The molecule has 29 heavy (non-hydrogen) atoms. The summed E-state index contributed by atoms with van der Waals surface area (Å²) >= 11 is 0. The Morgan fingerprint density at radius 2 is 2.00 bits per heavy atom. The Morgan fingerprint density at radius 1 is 1.28 bits per heavy atom. The molecule has 1 fully saturated rings. The van der Waals surface area contributed by atoms with Gasteiger partial charge < -0.3 is 0 Å². The van der Waals surface area contributed by atoms with Crippen LogP contribution in [0.15, 0.2) is 36.5 Å². The number of carbonyl (C=O) groups is 1. The third-order valence-electron chi connectivity index (χ3n) is 5.18. The molecule has 4 rings (SSSR count). The van der Waals surface area contributed by atoms with E-state index in [4.69, 9.17) is 0 Å². The lowest BCUT2D eigenvalue weighted by molar-refractivity contribution is 0.0936. The Labute approximate surface area is 168 Å². The van der Waals surface area contributed by atoms with Crippen LogP contribution in [0.4, 0.5) is 4.39 Å². The maximum Gasteiger partial charge on any atom is 0.165 e. The molecular formula is C21H22FN3O3S. The number of nitrogens with zero attached hydrogens (tertiary/aromatic N) is 3. The SMILES string of the molecule is CC(C)n1nc(-c2cccc(F)c2)c2ncc(C(=O)CC3(C)CS(=O)(=O)C3)cc21. The molecule has 152 valence electrons.